The molecule has 1 aromatic carbocycles. The maximum absolute atomic E-state index is 14.3. The third-order valence-electron chi connectivity index (χ3n) is 7.89. The van der Waals surface area contributed by atoms with Crippen molar-refractivity contribution in [3.05, 3.63) is 52.5 Å². The molecular formula is C30H39FN3O5+. The van der Waals surface area contributed by atoms with E-state index < -0.39 is 11.8 Å². The monoisotopic (exact) mass is 540 g/mol. The third-order valence-corrected chi connectivity index (χ3v) is 7.89. The van der Waals surface area contributed by atoms with Crippen LogP contribution in [0.1, 0.15) is 73.4 Å². The summed E-state index contributed by atoms with van der Waals surface area (Å²) < 4.78 is 33.8. The maximum Gasteiger partial charge on any atom is 0.401 e. The summed E-state index contributed by atoms with van der Waals surface area (Å²) in [5.41, 5.74) is 3.47. The number of hydrogen-bond acceptors (Lipinski definition) is 6. The molecule has 0 amide bonds. The SMILES string of the molecule is COc1cc(CCCCO[C@@H]2CC[N+](=C(C(=O)O)c3cc(F)ccc3[C@@H]3CCCCO3)C2)nc2c1CCCN2. The van der Waals surface area contributed by atoms with Crippen molar-refractivity contribution >= 4 is 17.5 Å². The standard InChI is InChI=1S/C30H38FN3O5/c1-37-27-18-21(33-29-24(27)8-6-13-32-29)7-2-4-15-38-22-12-14-34(19-22)28(30(35)36)25-17-20(31)10-11-23(25)26-9-3-5-16-39-26/h10-11,17-18,22,26H,2-9,12-16,19H2,1H3,(H-,32,33,35,36)/p+1/t22-,26+/m1/s1. The Morgan fingerprint density at radius 1 is 1.23 bits per heavy atom. The number of aliphatic carboxylic acids is 1. The van der Waals surface area contributed by atoms with Gasteiger partial charge in [-0.05, 0) is 69.1 Å². The van der Waals surface area contributed by atoms with Crippen molar-refractivity contribution in [2.24, 2.45) is 0 Å². The molecule has 39 heavy (non-hydrogen) atoms. The van der Waals surface area contributed by atoms with Gasteiger partial charge in [-0.3, -0.25) is 0 Å². The topological polar surface area (TPSA) is 92.9 Å². The van der Waals surface area contributed by atoms with Crippen molar-refractivity contribution < 1.29 is 33.1 Å². The number of rotatable bonds is 10. The molecule has 2 saturated heterocycles. The first kappa shape index (κ1) is 27.5. The highest BCUT2D eigenvalue weighted by Gasteiger charge is 2.36. The summed E-state index contributed by atoms with van der Waals surface area (Å²) in [7, 11) is 1.71. The number of pyridine rings is 1. The number of carbonyl (C=O) groups is 1. The minimum absolute atomic E-state index is 0.0616. The number of carboxylic acids is 1. The minimum Gasteiger partial charge on any atom is -0.496 e. The average molecular weight is 541 g/mol. The molecule has 0 radical (unpaired) electrons. The van der Waals surface area contributed by atoms with Crippen LogP contribution < -0.4 is 10.1 Å². The second kappa shape index (κ2) is 12.9. The number of ether oxygens (including phenoxy) is 3. The summed E-state index contributed by atoms with van der Waals surface area (Å²) in [6.07, 6.45) is 8.00. The van der Waals surface area contributed by atoms with E-state index in [1.165, 1.54) is 12.1 Å². The van der Waals surface area contributed by atoms with Crippen molar-refractivity contribution in [3.63, 3.8) is 0 Å². The summed E-state index contributed by atoms with van der Waals surface area (Å²) >= 11 is 0. The largest absolute Gasteiger partial charge is 0.496 e. The molecule has 1 aromatic heterocycles. The quantitative estimate of drug-likeness (QED) is 0.338. The summed E-state index contributed by atoms with van der Waals surface area (Å²) in [6, 6.07) is 6.45. The Balaban J connectivity index is 1.18. The molecule has 0 unspecified atom stereocenters. The van der Waals surface area contributed by atoms with Crippen LogP contribution in [0.3, 0.4) is 0 Å². The number of fused-ring (bicyclic) bond motifs is 1. The predicted octanol–water partition coefficient (Wildman–Crippen LogP) is 4.53. The van der Waals surface area contributed by atoms with Crippen molar-refractivity contribution in [1.29, 1.82) is 0 Å². The van der Waals surface area contributed by atoms with E-state index in [1.54, 1.807) is 13.2 Å². The highest BCUT2D eigenvalue weighted by molar-refractivity contribution is 6.40. The van der Waals surface area contributed by atoms with Crippen molar-refractivity contribution in [3.8, 4) is 5.75 Å². The fraction of sp³-hybridized carbons (Fsp3) is 0.567. The molecule has 3 aliphatic heterocycles. The van der Waals surface area contributed by atoms with Gasteiger partial charge >= 0.3 is 5.97 Å². The molecule has 3 aliphatic rings. The normalized spacial score (nSPS) is 22.2. The first-order chi connectivity index (χ1) is 19.0. The number of hydrogen-bond donors (Lipinski definition) is 2. The molecule has 8 nitrogen and oxygen atoms in total. The molecule has 2 atom stereocenters. The Labute approximate surface area is 229 Å². The van der Waals surface area contributed by atoms with E-state index in [-0.39, 0.29) is 17.9 Å². The fourth-order valence-corrected chi connectivity index (χ4v) is 5.92. The van der Waals surface area contributed by atoms with Gasteiger partial charge in [0.2, 0.25) is 0 Å². The van der Waals surface area contributed by atoms with E-state index in [2.05, 4.69) is 5.32 Å². The summed E-state index contributed by atoms with van der Waals surface area (Å²) in [5.74, 6) is 0.351. The number of anilines is 1. The Hall–Kier alpha value is -3.04. The van der Waals surface area contributed by atoms with Gasteiger partial charge in [0.05, 0.1) is 18.8 Å². The number of carboxylic acid groups (broad SMARTS) is 1. The van der Waals surface area contributed by atoms with Crippen LogP contribution in [0.2, 0.25) is 0 Å². The zero-order valence-corrected chi connectivity index (χ0v) is 22.7. The minimum atomic E-state index is -1.05. The molecule has 0 bridgehead atoms. The Morgan fingerprint density at radius 3 is 2.92 bits per heavy atom. The first-order valence-corrected chi connectivity index (χ1v) is 14.2. The molecule has 0 saturated carbocycles. The van der Waals surface area contributed by atoms with Crippen LogP contribution >= 0.6 is 0 Å². The van der Waals surface area contributed by atoms with Gasteiger partial charge in [-0.15, -0.1) is 0 Å². The lowest BCUT2D eigenvalue weighted by Crippen LogP contribution is -2.31. The predicted molar refractivity (Wildman–Crippen MR) is 146 cm³/mol. The van der Waals surface area contributed by atoms with Gasteiger partial charge in [0.15, 0.2) is 6.54 Å². The van der Waals surface area contributed by atoms with Crippen molar-refractivity contribution in [1.82, 2.24) is 4.98 Å². The van der Waals surface area contributed by atoms with Crippen LogP contribution in [0.5, 0.6) is 5.75 Å². The number of halogens is 1. The lowest BCUT2D eigenvalue weighted by atomic mass is 9.94. The number of benzene rings is 1. The van der Waals surface area contributed by atoms with E-state index in [0.717, 1.165) is 92.7 Å². The average Bonchev–Trinajstić information content (AvgIpc) is 3.41. The van der Waals surface area contributed by atoms with Gasteiger partial charge in [-0.25, -0.2) is 18.7 Å². The van der Waals surface area contributed by atoms with Crippen LogP contribution in [-0.2, 0) is 27.1 Å². The van der Waals surface area contributed by atoms with Gasteiger partial charge in [0.25, 0.3) is 5.71 Å². The molecule has 210 valence electrons. The number of nitrogens with zero attached hydrogens (tertiary/aromatic N) is 2. The lowest BCUT2D eigenvalue weighted by molar-refractivity contribution is -0.509. The zero-order chi connectivity index (χ0) is 27.2. The van der Waals surface area contributed by atoms with Crippen LogP contribution in [0.25, 0.3) is 0 Å². The number of aryl methyl sites for hydroxylation is 1. The van der Waals surface area contributed by atoms with E-state index in [0.29, 0.717) is 31.9 Å². The number of aromatic nitrogens is 1. The van der Waals surface area contributed by atoms with E-state index in [4.69, 9.17) is 19.2 Å². The van der Waals surface area contributed by atoms with Gasteiger partial charge in [0, 0.05) is 43.5 Å². The van der Waals surface area contributed by atoms with Gasteiger partial charge in [-0.2, -0.15) is 0 Å². The molecule has 0 aliphatic carbocycles. The second-order valence-electron chi connectivity index (χ2n) is 10.6. The van der Waals surface area contributed by atoms with E-state index in [9.17, 15) is 14.3 Å². The van der Waals surface area contributed by atoms with E-state index >= 15 is 0 Å². The second-order valence-corrected chi connectivity index (χ2v) is 10.6. The highest BCUT2D eigenvalue weighted by Crippen LogP contribution is 2.32. The van der Waals surface area contributed by atoms with Crippen LogP contribution in [-0.4, -0.2) is 72.4 Å². The number of unbranched alkanes of at least 4 members (excludes halogenated alkanes) is 1. The molecule has 5 rings (SSSR count). The van der Waals surface area contributed by atoms with Gasteiger partial charge in [0.1, 0.15) is 30.0 Å². The van der Waals surface area contributed by atoms with E-state index in [1.807, 2.05) is 10.6 Å². The number of methoxy groups -OCH3 is 1. The molecule has 0 spiro atoms. The van der Waals surface area contributed by atoms with Crippen LogP contribution in [0, 0.1) is 5.82 Å². The highest BCUT2D eigenvalue weighted by atomic mass is 19.1. The zero-order valence-electron chi connectivity index (χ0n) is 22.7. The smallest absolute Gasteiger partial charge is 0.401 e. The molecule has 2 fully saturated rings. The van der Waals surface area contributed by atoms with Crippen LogP contribution in [0.15, 0.2) is 24.3 Å². The number of nitrogens with one attached hydrogen (secondary N) is 1. The van der Waals surface area contributed by atoms with Gasteiger partial charge < -0.3 is 24.6 Å². The Morgan fingerprint density at radius 2 is 2.13 bits per heavy atom. The maximum atomic E-state index is 14.3. The Bertz CT molecular complexity index is 1190. The van der Waals surface area contributed by atoms with Crippen molar-refractivity contribution in [2.45, 2.75) is 70.0 Å². The fourth-order valence-electron chi connectivity index (χ4n) is 5.92. The third kappa shape index (κ3) is 6.58. The van der Waals surface area contributed by atoms with Gasteiger partial charge in [-0.1, -0.05) is 6.07 Å². The van der Waals surface area contributed by atoms with Crippen molar-refractivity contribution in [2.75, 3.05) is 45.3 Å². The Kier molecular flexibility index (Phi) is 9.09. The molecule has 2 aromatic rings. The summed E-state index contributed by atoms with van der Waals surface area (Å²) in [5, 5.41) is 13.5. The molecule has 9 heteroatoms. The first-order valence-electron chi connectivity index (χ1n) is 14.2. The molecule has 2 N–H and O–H groups in total. The molecule has 4 heterocycles. The lowest BCUT2D eigenvalue weighted by Gasteiger charge is -2.24. The molecular weight excluding hydrogens is 501 g/mol. The summed E-state index contributed by atoms with van der Waals surface area (Å²) in [6.45, 7) is 3.20. The van der Waals surface area contributed by atoms with Crippen LogP contribution in [0.4, 0.5) is 10.2 Å². The summed E-state index contributed by atoms with van der Waals surface area (Å²) in [4.78, 5) is 17.2.